The summed E-state index contributed by atoms with van der Waals surface area (Å²) in [4.78, 5) is 36.3. The van der Waals surface area contributed by atoms with E-state index in [1.54, 1.807) is 13.0 Å². The molecule has 0 aromatic heterocycles. The Balaban J connectivity index is 2.00. The third-order valence-electron chi connectivity index (χ3n) is 5.01. The fourth-order valence-corrected chi connectivity index (χ4v) is 3.63. The summed E-state index contributed by atoms with van der Waals surface area (Å²) in [6.45, 7) is 4.79. The van der Waals surface area contributed by atoms with E-state index in [1.807, 2.05) is 0 Å². The molecule has 0 spiro atoms. The minimum Gasteiger partial charge on any atom is -0.466 e. The van der Waals surface area contributed by atoms with E-state index in [4.69, 9.17) is 10.5 Å². The maximum Gasteiger partial charge on any atom is 0.310 e. The van der Waals surface area contributed by atoms with Crippen molar-refractivity contribution in [3.05, 3.63) is 11.8 Å². The molecule has 0 aromatic carbocycles. The van der Waals surface area contributed by atoms with Crippen molar-refractivity contribution in [2.24, 2.45) is 17.6 Å². The third-order valence-corrected chi connectivity index (χ3v) is 5.01. The molecule has 0 aromatic rings. The monoisotopic (exact) mass is 351 g/mol. The van der Waals surface area contributed by atoms with E-state index in [1.165, 1.54) is 0 Å². The Kier molecular flexibility index (Phi) is 6.99. The highest BCUT2D eigenvalue weighted by molar-refractivity contribution is 5.95. The van der Waals surface area contributed by atoms with Crippen LogP contribution >= 0.6 is 0 Å². The van der Waals surface area contributed by atoms with Gasteiger partial charge in [-0.25, -0.2) is 0 Å². The van der Waals surface area contributed by atoms with Crippen molar-refractivity contribution in [3.63, 3.8) is 0 Å². The molecule has 7 heteroatoms. The van der Waals surface area contributed by atoms with Gasteiger partial charge in [0.05, 0.1) is 24.3 Å². The lowest BCUT2D eigenvalue weighted by Crippen LogP contribution is -2.53. The predicted molar refractivity (Wildman–Crippen MR) is 93.4 cm³/mol. The van der Waals surface area contributed by atoms with Crippen LogP contribution in [0.2, 0.25) is 0 Å². The van der Waals surface area contributed by atoms with Crippen molar-refractivity contribution < 1.29 is 19.1 Å². The van der Waals surface area contributed by atoms with E-state index in [2.05, 4.69) is 17.6 Å². The molecule has 0 aliphatic carbocycles. The number of nitrogens with one attached hydrogen (secondary N) is 2. The van der Waals surface area contributed by atoms with Crippen LogP contribution in [0, 0.1) is 11.8 Å². The van der Waals surface area contributed by atoms with Crippen LogP contribution in [-0.2, 0) is 19.1 Å². The molecule has 2 heterocycles. The molecule has 4 N–H and O–H groups in total. The van der Waals surface area contributed by atoms with Crippen LogP contribution < -0.4 is 16.4 Å². The molecule has 25 heavy (non-hydrogen) atoms. The van der Waals surface area contributed by atoms with Gasteiger partial charge in [-0.15, -0.1) is 0 Å². The molecular formula is C18H29N3O4. The minimum atomic E-state index is -0.555. The Bertz CT molecular complexity index is 546. The molecule has 7 nitrogen and oxygen atoms in total. The Labute approximate surface area is 148 Å². The molecule has 2 aliphatic heterocycles. The lowest BCUT2D eigenvalue weighted by Gasteiger charge is -2.36. The zero-order valence-corrected chi connectivity index (χ0v) is 15.0. The molecule has 2 aliphatic rings. The molecule has 0 bridgehead atoms. The zero-order chi connectivity index (χ0) is 18.4. The Morgan fingerprint density at radius 2 is 2.08 bits per heavy atom. The highest BCUT2D eigenvalue weighted by Crippen LogP contribution is 2.28. The average molecular weight is 351 g/mol. The van der Waals surface area contributed by atoms with Crippen LogP contribution in [0.3, 0.4) is 0 Å². The maximum atomic E-state index is 12.8. The molecule has 4 unspecified atom stereocenters. The van der Waals surface area contributed by atoms with Crippen molar-refractivity contribution in [2.45, 2.75) is 58.0 Å². The number of carbonyl (C=O) groups excluding carboxylic acids is 3. The Hall–Kier alpha value is -1.89. The van der Waals surface area contributed by atoms with Gasteiger partial charge in [-0.05, 0) is 26.2 Å². The number of piperidine rings is 1. The SMILES string of the molecule is CCCCC1NCC(C(=O)C2CC=C(C(N)=O)N2)CC1C(=O)OCC. The summed E-state index contributed by atoms with van der Waals surface area (Å²) in [6, 6.07) is -0.386. The first-order valence-electron chi connectivity index (χ1n) is 9.18. The summed E-state index contributed by atoms with van der Waals surface area (Å²) in [7, 11) is 0. The summed E-state index contributed by atoms with van der Waals surface area (Å²) in [6.07, 6.45) is 5.59. The lowest BCUT2D eigenvalue weighted by molar-refractivity contribution is -0.151. The molecule has 1 saturated heterocycles. The van der Waals surface area contributed by atoms with Crippen LogP contribution in [0.5, 0.6) is 0 Å². The van der Waals surface area contributed by atoms with Gasteiger partial charge in [0, 0.05) is 18.5 Å². The topological polar surface area (TPSA) is 111 Å². The van der Waals surface area contributed by atoms with Crippen molar-refractivity contribution in [1.29, 1.82) is 0 Å². The highest BCUT2D eigenvalue weighted by atomic mass is 16.5. The number of amides is 1. The van der Waals surface area contributed by atoms with Gasteiger partial charge in [0.2, 0.25) is 0 Å². The van der Waals surface area contributed by atoms with E-state index in [9.17, 15) is 14.4 Å². The number of esters is 1. The number of rotatable bonds is 8. The Morgan fingerprint density at radius 3 is 2.68 bits per heavy atom. The largest absolute Gasteiger partial charge is 0.466 e. The predicted octanol–water partition coefficient (Wildman–Crippen LogP) is 0.634. The summed E-state index contributed by atoms with van der Waals surface area (Å²) in [5.41, 5.74) is 5.54. The molecule has 4 atom stereocenters. The van der Waals surface area contributed by atoms with Crippen LogP contribution in [-0.4, -0.2) is 42.9 Å². The molecule has 0 saturated carbocycles. The molecule has 1 fully saturated rings. The van der Waals surface area contributed by atoms with Gasteiger partial charge in [0.1, 0.15) is 0 Å². The average Bonchev–Trinajstić information content (AvgIpc) is 3.09. The second-order valence-electron chi connectivity index (χ2n) is 6.77. The van der Waals surface area contributed by atoms with Crippen molar-refractivity contribution in [1.82, 2.24) is 10.6 Å². The minimum absolute atomic E-state index is 0.0169. The standard InChI is InChI=1S/C18H29N3O4/c1-3-5-6-13-12(18(24)25-4-2)9-11(10-20-13)16(22)14-7-8-15(21-14)17(19)23/h8,11-14,20-21H,3-7,9-10H2,1-2H3,(H2,19,23). The normalized spacial score (nSPS) is 28.8. The zero-order valence-electron chi connectivity index (χ0n) is 15.0. The molecular weight excluding hydrogens is 322 g/mol. The molecule has 0 radical (unpaired) electrons. The van der Waals surface area contributed by atoms with Gasteiger partial charge in [-0.3, -0.25) is 14.4 Å². The third kappa shape index (κ3) is 4.81. The fourth-order valence-electron chi connectivity index (χ4n) is 3.63. The number of Topliss-reactive ketones (excluding diaryl/α,β-unsaturated/α-hetero) is 1. The Morgan fingerprint density at radius 1 is 1.32 bits per heavy atom. The van der Waals surface area contributed by atoms with Crippen LogP contribution in [0.25, 0.3) is 0 Å². The number of unbranched alkanes of at least 4 members (excludes halogenated alkanes) is 1. The number of carbonyl (C=O) groups is 3. The lowest BCUT2D eigenvalue weighted by atomic mass is 9.79. The summed E-state index contributed by atoms with van der Waals surface area (Å²) >= 11 is 0. The fraction of sp³-hybridized carbons (Fsp3) is 0.722. The van der Waals surface area contributed by atoms with Crippen LogP contribution in [0.15, 0.2) is 11.8 Å². The van der Waals surface area contributed by atoms with Crippen molar-refractivity contribution in [2.75, 3.05) is 13.2 Å². The van der Waals surface area contributed by atoms with Gasteiger partial charge >= 0.3 is 5.97 Å². The number of hydrogen-bond donors (Lipinski definition) is 3. The quantitative estimate of drug-likeness (QED) is 0.553. The van der Waals surface area contributed by atoms with E-state index in [0.29, 0.717) is 31.7 Å². The van der Waals surface area contributed by atoms with Gasteiger partial charge in [0.15, 0.2) is 5.78 Å². The van der Waals surface area contributed by atoms with Gasteiger partial charge in [0.25, 0.3) is 5.91 Å². The first-order chi connectivity index (χ1) is 12.0. The number of nitrogens with two attached hydrogens (primary N) is 1. The summed E-state index contributed by atoms with van der Waals surface area (Å²) in [5, 5.41) is 6.27. The molecule has 1 amide bonds. The number of hydrogen-bond acceptors (Lipinski definition) is 6. The number of ketones is 1. The second kappa shape index (κ2) is 8.99. The molecule has 140 valence electrons. The summed E-state index contributed by atoms with van der Waals surface area (Å²) in [5.74, 6) is -1.35. The molecule has 2 rings (SSSR count). The van der Waals surface area contributed by atoms with E-state index >= 15 is 0 Å². The van der Waals surface area contributed by atoms with Gasteiger partial charge in [-0.2, -0.15) is 0 Å². The number of primary amides is 1. The van der Waals surface area contributed by atoms with Gasteiger partial charge in [-0.1, -0.05) is 25.8 Å². The first kappa shape index (κ1) is 19.4. The van der Waals surface area contributed by atoms with E-state index in [-0.39, 0.29) is 29.6 Å². The smallest absolute Gasteiger partial charge is 0.310 e. The first-order valence-corrected chi connectivity index (χ1v) is 9.18. The van der Waals surface area contributed by atoms with Crippen LogP contribution in [0.4, 0.5) is 0 Å². The van der Waals surface area contributed by atoms with E-state index < -0.39 is 11.9 Å². The maximum absolute atomic E-state index is 12.8. The van der Waals surface area contributed by atoms with Crippen LogP contribution in [0.1, 0.15) is 46.0 Å². The van der Waals surface area contributed by atoms with E-state index in [0.717, 1.165) is 19.3 Å². The van der Waals surface area contributed by atoms with Crippen molar-refractivity contribution in [3.8, 4) is 0 Å². The number of ether oxygens (including phenoxy) is 1. The van der Waals surface area contributed by atoms with Gasteiger partial charge < -0.3 is 21.1 Å². The van der Waals surface area contributed by atoms with Crippen molar-refractivity contribution >= 4 is 17.7 Å². The highest BCUT2D eigenvalue weighted by Gasteiger charge is 2.40. The second-order valence-corrected chi connectivity index (χ2v) is 6.77. The summed E-state index contributed by atoms with van der Waals surface area (Å²) < 4.78 is 5.22.